The van der Waals surface area contributed by atoms with E-state index >= 15 is 0 Å². The monoisotopic (exact) mass is 282 g/mol. The van der Waals surface area contributed by atoms with Gasteiger partial charge >= 0.3 is 0 Å². The number of hydrogen-bond acceptors (Lipinski definition) is 3. The highest BCUT2D eigenvalue weighted by molar-refractivity contribution is 6.10. The molecule has 0 saturated carbocycles. The van der Waals surface area contributed by atoms with E-state index in [9.17, 15) is 5.11 Å². The van der Waals surface area contributed by atoms with Gasteiger partial charge in [-0.3, -0.25) is 0 Å². The van der Waals surface area contributed by atoms with Gasteiger partial charge in [0.25, 0.3) is 0 Å². The smallest absolute Gasteiger partial charge is 0.129 e. The minimum Gasteiger partial charge on any atom is -0.490 e. The molecule has 0 fully saturated rings. The molecule has 0 spiro atoms. The van der Waals surface area contributed by atoms with Gasteiger partial charge in [0.05, 0.1) is 18.2 Å². The number of aromatic nitrogens is 1. The second kappa shape index (κ2) is 5.75. The Bertz CT molecular complexity index is 821. The lowest BCUT2D eigenvalue weighted by atomic mass is 10.1. The summed E-state index contributed by atoms with van der Waals surface area (Å²) in [5.74, 6) is 0.699. The third-order valence-electron chi connectivity index (χ3n) is 3.28. The molecule has 2 aromatic carbocycles. The first-order valence-corrected chi connectivity index (χ1v) is 6.61. The molecule has 1 atom stereocenters. The number of H-pyrrole nitrogens is 1. The van der Waals surface area contributed by atoms with E-state index in [1.165, 1.54) is 0 Å². The molecule has 21 heavy (non-hydrogen) atoms. The van der Waals surface area contributed by atoms with Crippen molar-refractivity contribution in [2.75, 3.05) is 13.2 Å². The van der Waals surface area contributed by atoms with Crippen molar-refractivity contribution in [3.63, 3.8) is 0 Å². The molecule has 6 nitrogen and oxygen atoms in total. The van der Waals surface area contributed by atoms with Gasteiger partial charge in [-0.05, 0) is 23.7 Å². The van der Waals surface area contributed by atoms with Crippen LogP contribution in [0.2, 0.25) is 0 Å². The average molecular weight is 282 g/mol. The SMILES string of the molecule is [N-]=[N+]=NCC(O)COc1cccc2[nH]c3ccccc3c12. The summed E-state index contributed by atoms with van der Waals surface area (Å²) >= 11 is 0. The molecule has 3 rings (SSSR count). The molecule has 0 aliphatic rings. The predicted octanol–water partition coefficient (Wildman–Crippen LogP) is 3.37. The topological polar surface area (TPSA) is 94.0 Å². The first kappa shape index (κ1) is 13.3. The number of aliphatic hydroxyl groups excluding tert-OH is 1. The van der Waals surface area contributed by atoms with Crippen LogP contribution in [-0.4, -0.2) is 29.3 Å². The number of benzene rings is 2. The molecule has 1 heterocycles. The van der Waals surface area contributed by atoms with Crippen molar-refractivity contribution >= 4 is 21.8 Å². The van der Waals surface area contributed by atoms with Crippen molar-refractivity contribution in [1.29, 1.82) is 0 Å². The molecule has 6 heteroatoms. The fourth-order valence-electron chi connectivity index (χ4n) is 2.36. The van der Waals surface area contributed by atoms with E-state index in [2.05, 4.69) is 15.0 Å². The fourth-order valence-corrected chi connectivity index (χ4v) is 2.36. The molecule has 106 valence electrons. The zero-order valence-electron chi connectivity index (χ0n) is 11.2. The van der Waals surface area contributed by atoms with Crippen molar-refractivity contribution in [3.05, 3.63) is 52.9 Å². The molecule has 1 unspecified atom stereocenters. The second-order valence-corrected chi connectivity index (χ2v) is 4.73. The third kappa shape index (κ3) is 2.63. The lowest BCUT2D eigenvalue weighted by Gasteiger charge is -2.11. The third-order valence-corrected chi connectivity index (χ3v) is 3.28. The molecule has 3 aromatic rings. The van der Waals surface area contributed by atoms with Gasteiger partial charge < -0.3 is 14.8 Å². The highest BCUT2D eigenvalue weighted by Gasteiger charge is 2.10. The molecule has 0 radical (unpaired) electrons. The molecule has 0 aliphatic heterocycles. The van der Waals surface area contributed by atoms with Crippen LogP contribution in [0.5, 0.6) is 5.75 Å². The van der Waals surface area contributed by atoms with E-state index in [1.807, 2.05) is 42.5 Å². The summed E-state index contributed by atoms with van der Waals surface area (Å²) < 4.78 is 5.69. The number of nitrogens with zero attached hydrogens (tertiary/aromatic N) is 3. The summed E-state index contributed by atoms with van der Waals surface area (Å²) in [6, 6.07) is 13.7. The average Bonchev–Trinajstić information content (AvgIpc) is 2.90. The summed E-state index contributed by atoms with van der Waals surface area (Å²) in [5, 5.41) is 15.1. The number of ether oxygens (including phenoxy) is 1. The van der Waals surface area contributed by atoms with Gasteiger partial charge in [0.1, 0.15) is 12.4 Å². The Hall–Kier alpha value is -2.69. The number of azide groups is 1. The summed E-state index contributed by atoms with van der Waals surface area (Å²) in [7, 11) is 0. The molecule has 0 saturated heterocycles. The van der Waals surface area contributed by atoms with Crippen molar-refractivity contribution in [1.82, 2.24) is 4.98 Å². The molecule has 1 aromatic heterocycles. The van der Waals surface area contributed by atoms with Crippen LogP contribution in [0, 0.1) is 0 Å². The number of para-hydroxylation sites is 1. The van der Waals surface area contributed by atoms with Gasteiger partial charge in [-0.2, -0.15) is 0 Å². The highest BCUT2D eigenvalue weighted by atomic mass is 16.5. The Balaban J connectivity index is 1.93. The normalized spacial score (nSPS) is 12.2. The molecule has 0 amide bonds. The molecule has 2 N–H and O–H groups in total. The van der Waals surface area contributed by atoms with Gasteiger partial charge in [0.15, 0.2) is 0 Å². The van der Waals surface area contributed by atoms with Crippen LogP contribution in [0.1, 0.15) is 0 Å². The lowest BCUT2D eigenvalue weighted by molar-refractivity contribution is 0.115. The number of rotatable bonds is 5. The van der Waals surface area contributed by atoms with E-state index in [-0.39, 0.29) is 13.2 Å². The van der Waals surface area contributed by atoms with E-state index in [0.717, 1.165) is 21.8 Å². The van der Waals surface area contributed by atoms with Gasteiger partial charge in [-0.15, -0.1) is 0 Å². The Morgan fingerprint density at radius 2 is 2.00 bits per heavy atom. The van der Waals surface area contributed by atoms with Gasteiger partial charge in [-0.1, -0.05) is 29.4 Å². The molecular formula is C15H14N4O2. The van der Waals surface area contributed by atoms with Crippen molar-refractivity contribution in [2.24, 2.45) is 5.11 Å². The van der Waals surface area contributed by atoms with Crippen LogP contribution >= 0.6 is 0 Å². The fraction of sp³-hybridized carbons (Fsp3) is 0.200. The summed E-state index contributed by atoms with van der Waals surface area (Å²) in [5.41, 5.74) is 10.3. The van der Waals surface area contributed by atoms with Crippen molar-refractivity contribution in [2.45, 2.75) is 6.10 Å². The van der Waals surface area contributed by atoms with Crippen LogP contribution in [0.15, 0.2) is 47.6 Å². The van der Waals surface area contributed by atoms with Crippen molar-refractivity contribution < 1.29 is 9.84 Å². The van der Waals surface area contributed by atoms with Crippen LogP contribution in [0.25, 0.3) is 32.2 Å². The number of nitrogens with one attached hydrogen (secondary N) is 1. The van der Waals surface area contributed by atoms with Crippen LogP contribution in [0.3, 0.4) is 0 Å². The predicted molar refractivity (Wildman–Crippen MR) is 81.3 cm³/mol. The zero-order valence-corrected chi connectivity index (χ0v) is 11.2. The standard InChI is InChI=1S/C15H14N4O2/c16-19-17-8-10(20)9-21-14-7-3-6-13-15(14)11-4-1-2-5-12(11)18-13/h1-7,10,18,20H,8-9H2. The number of hydrogen-bond donors (Lipinski definition) is 2. The minimum absolute atomic E-state index is 0.000358. The largest absolute Gasteiger partial charge is 0.490 e. The maximum Gasteiger partial charge on any atom is 0.129 e. The summed E-state index contributed by atoms with van der Waals surface area (Å²) in [6.45, 7) is 0.0814. The van der Waals surface area contributed by atoms with Gasteiger partial charge in [-0.25, -0.2) is 0 Å². The van der Waals surface area contributed by atoms with Crippen molar-refractivity contribution in [3.8, 4) is 5.75 Å². The first-order chi connectivity index (χ1) is 10.3. The molecule has 0 bridgehead atoms. The number of fused-ring (bicyclic) bond motifs is 3. The quantitative estimate of drug-likeness (QED) is 0.426. The van der Waals surface area contributed by atoms with Crippen LogP contribution in [-0.2, 0) is 0 Å². The number of aliphatic hydroxyl groups is 1. The second-order valence-electron chi connectivity index (χ2n) is 4.73. The lowest BCUT2D eigenvalue weighted by Crippen LogP contribution is -2.20. The van der Waals surface area contributed by atoms with Gasteiger partial charge in [0, 0.05) is 21.2 Å². The van der Waals surface area contributed by atoms with E-state index < -0.39 is 6.10 Å². The van der Waals surface area contributed by atoms with Crippen LogP contribution in [0.4, 0.5) is 0 Å². The molecule has 0 aliphatic carbocycles. The maximum atomic E-state index is 9.68. The Kier molecular flexibility index (Phi) is 3.64. The van der Waals surface area contributed by atoms with E-state index in [0.29, 0.717) is 5.75 Å². The number of aromatic amines is 1. The van der Waals surface area contributed by atoms with E-state index in [4.69, 9.17) is 10.3 Å². The van der Waals surface area contributed by atoms with Gasteiger partial charge in [0.2, 0.25) is 0 Å². The minimum atomic E-state index is -0.818. The zero-order chi connectivity index (χ0) is 14.7. The summed E-state index contributed by atoms with van der Waals surface area (Å²) in [4.78, 5) is 5.95. The Morgan fingerprint density at radius 3 is 2.86 bits per heavy atom. The first-order valence-electron chi connectivity index (χ1n) is 6.61. The highest BCUT2D eigenvalue weighted by Crippen LogP contribution is 2.32. The van der Waals surface area contributed by atoms with E-state index in [1.54, 1.807) is 0 Å². The summed E-state index contributed by atoms with van der Waals surface area (Å²) in [6.07, 6.45) is -0.818. The Labute approximate surface area is 120 Å². The van der Waals surface area contributed by atoms with Crippen LogP contribution < -0.4 is 4.74 Å². The maximum absolute atomic E-state index is 9.68. The Morgan fingerprint density at radius 1 is 1.19 bits per heavy atom. The molecular weight excluding hydrogens is 268 g/mol.